The second-order valence-corrected chi connectivity index (χ2v) is 9.72. The number of ether oxygens (including phenoxy) is 3. The standard InChI is InChI=1S/C26H37N5O4/c1-17-23(28-22-16-35-26-21(22)9-12-33-26)29-24(30-25(17)31-10-4-3-5-11-31)18-7-6-8-20(13-18)34-15-19(32)14-27-2/h6-8,13,19,21-22,26-27,32H,3-5,9-12,14-16H2,1-2H3,(H,28,29,30)/t19?,21-,22-,26+/m0/s1. The van der Waals surface area contributed by atoms with E-state index < -0.39 is 6.10 Å². The Bertz CT molecular complexity index is 1000. The third-order valence-corrected chi connectivity index (χ3v) is 7.11. The van der Waals surface area contributed by atoms with Crippen molar-refractivity contribution in [1.29, 1.82) is 0 Å². The summed E-state index contributed by atoms with van der Waals surface area (Å²) in [7, 11) is 1.81. The van der Waals surface area contributed by atoms with E-state index in [0.717, 1.165) is 48.9 Å². The molecule has 3 fully saturated rings. The summed E-state index contributed by atoms with van der Waals surface area (Å²) in [5, 5.41) is 16.6. The summed E-state index contributed by atoms with van der Waals surface area (Å²) in [6.07, 6.45) is 3.94. The number of fused-ring (bicyclic) bond motifs is 1. The van der Waals surface area contributed by atoms with Crippen LogP contribution in [0.3, 0.4) is 0 Å². The van der Waals surface area contributed by atoms with Crippen molar-refractivity contribution < 1.29 is 19.3 Å². The van der Waals surface area contributed by atoms with Gasteiger partial charge in [-0.2, -0.15) is 0 Å². The highest BCUT2D eigenvalue weighted by Gasteiger charge is 2.42. The van der Waals surface area contributed by atoms with E-state index in [0.29, 0.717) is 30.6 Å². The minimum Gasteiger partial charge on any atom is -0.491 e. The molecule has 2 aromatic rings. The molecule has 190 valence electrons. The van der Waals surface area contributed by atoms with Gasteiger partial charge in [0.25, 0.3) is 0 Å². The molecule has 3 aliphatic rings. The van der Waals surface area contributed by atoms with Gasteiger partial charge in [-0.25, -0.2) is 9.97 Å². The van der Waals surface area contributed by atoms with Gasteiger partial charge in [-0.15, -0.1) is 0 Å². The number of rotatable bonds is 9. The van der Waals surface area contributed by atoms with E-state index in [1.54, 1.807) is 0 Å². The van der Waals surface area contributed by atoms with Crippen LogP contribution in [0.15, 0.2) is 24.3 Å². The number of nitrogens with zero attached hydrogens (tertiary/aromatic N) is 3. The van der Waals surface area contributed by atoms with E-state index in [1.807, 2.05) is 31.3 Å². The average molecular weight is 484 g/mol. The molecular weight excluding hydrogens is 446 g/mol. The van der Waals surface area contributed by atoms with Gasteiger partial charge in [-0.05, 0) is 51.8 Å². The van der Waals surface area contributed by atoms with Crippen LogP contribution in [0.2, 0.25) is 0 Å². The maximum absolute atomic E-state index is 10.00. The van der Waals surface area contributed by atoms with E-state index in [9.17, 15) is 5.11 Å². The Morgan fingerprint density at radius 2 is 2.06 bits per heavy atom. The first-order chi connectivity index (χ1) is 17.1. The topological polar surface area (TPSA) is 101 Å². The first kappa shape index (κ1) is 24.2. The molecule has 3 N–H and O–H groups in total. The third-order valence-electron chi connectivity index (χ3n) is 7.11. The number of hydrogen-bond acceptors (Lipinski definition) is 9. The molecule has 3 saturated heterocycles. The lowest BCUT2D eigenvalue weighted by Gasteiger charge is -2.30. The summed E-state index contributed by atoms with van der Waals surface area (Å²) in [5.74, 6) is 3.54. The Balaban J connectivity index is 1.43. The Labute approximate surface area is 207 Å². The van der Waals surface area contributed by atoms with Crippen LogP contribution in [0.4, 0.5) is 11.6 Å². The predicted octanol–water partition coefficient (Wildman–Crippen LogP) is 2.57. The molecule has 0 amide bonds. The molecule has 5 rings (SSSR count). The fraction of sp³-hybridized carbons (Fsp3) is 0.615. The first-order valence-electron chi connectivity index (χ1n) is 12.8. The lowest BCUT2D eigenvalue weighted by molar-refractivity contribution is -0.0904. The zero-order valence-corrected chi connectivity index (χ0v) is 20.7. The maximum atomic E-state index is 10.00. The number of anilines is 2. The number of piperidine rings is 1. The van der Waals surface area contributed by atoms with Crippen LogP contribution < -0.4 is 20.3 Å². The lowest BCUT2D eigenvalue weighted by Crippen LogP contribution is -2.33. The minimum absolute atomic E-state index is 0.109. The van der Waals surface area contributed by atoms with Crippen LogP contribution in [-0.4, -0.2) is 80.0 Å². The van der Waals surface area contributed by atoms with Crippen molar-refractivity contribution >= 4 is 11.6 Å². The number of aliphatic hydroxyl groups is 1. The Kier molecular flexibility index (Phi) is 7.67. The van der Waals surface area contributed by atoms with Crippen LogP contribution in [0, 0.1) is 12.8 Å². The molecule has 1 aromatic carbocycles. The molecule has 9 heteroatoms. The number of aromatic nitrogens is 2. The van der Waals surface area contributed by atoms with Gasteiger partial charge in [-0.3, -0.25) is 0 Å². The van der Waals surface area contributed by atoms with Gasteiger partial charge in [0, 0.05) is 36.7 Å². The molecule has 0 radical (unpaired) electrons. The molecule has 4 heterocycles. The van der Waals surface area contributed by atoms with Gasteiger partial charge in [-0.1, -0.05) is 12.1 Å². The molecule has 3 aliphatic heterocycles. The number of aliphatic hydroxyl groups excluding tert-OH is 1. The quantitative estimate of drug-likeness (QED) is 0.497. The van der Waals surface area contributed by atoms with Gasteiger partial charge < -0.3 is 34.9 Å². The normalized spacial score (nSPS) is 24.9. The molecule has 35 heavy (non-hydrogen) atoms. The van der Waals surface area contributed by atoms with Gasteiger partial charge in [0.05, 0.1) is 19.3 Å². The third kappa shape index (κ3) is 5.53. The summed E-state index contributed by atoms with van der Waals surface area (Å²) in [6.45, 7) is 6.19. The van der Waals surface area contributed by atoms with Crippen molar-refractivity contribution in [2.24, 2.45) is 5.92 Å². The summed E-state index contributed by atoms with van der Waals surface area (Å²) in [4.78, 5) is 12.4. The maximum Gasteiger partial charge on any atom is 0.164 e. The number of likely N-dealkylation sites (N-methyl/N-ethyl adjacent to an activating group) is 1. The SMILES string of the molecule is CNCC(O)COc1cccc(-c2nc(N[C@H]3CO[C@H]4OCC[C@H]43)c(C)c(N3CCCCC3)n2)c1. The molecule has 4 atom stereocenters. The average Bonchev–Trinajstić information content (AvgIpc) is 3.50. The van der Waals surface area contributed by atoms with Crippen molar-refractivity contribution in [3.63, 3.8) is 0 Å². The van der Waals surface area contributed by atoms with Crippen LogP contribution in [0.5, 0.6) is 5.75 Å². The fourth-order valence-electron chi connectivity index (χ4n) is 5.19. The Morgan fingerprint density at radius 1 is 1.20 bits per heavy atom. The minimum atomic E-state index is -0.571. The molecule has 1 unspecified atom stereocenters. The molecular formula is C26H37N5O4. The Hall–Kier alpha value is -2.46. The summed E-state index contributed by atoms with van der Waals surface area (Å²) in [6, 6.07) is 7.95. The summed E-state index contributed by atoms with van der Waals surface area (Å²) >= 11 is 0. The highest BCUT2D eigenvalue weighted by molar-refractivity contribution is 5.67. The van der Waals surface area contributed by atoms with Crippen LogP contribution in [0.25, 0.3) is 11.4 Å². The highest BCUT2D eigenvalue weighted by Crippen LogP contribution is 2.35. The van der Waals surface area contributed by atoms with Crippen LogP contribution >= 0.6 is 0 Å². The van der Waals surface area contributed by atoms with Gasteiger partial charge in [0.2, 0.25) is 0 Å². The second kappa shape index (κ2) is 11.1. The monoisotopic (exact) mass is 483 g/mol. The molecule has 0 saturated carbocycles. The molecule has 0 aliphatic carbocycles. The van der Waals surface area contributed by atoms with Gasteiger partial charge in [0.1, 0.15) is 30.1 Å². The highest BCUT2D eigenvalue weighted by atomic mass is 16.7. The summed E-state index contributed by atoms with van der Waals surface area (Å²) in [5.41, 5.74) is 1.96. The molecule has 9 nitrogen and oxygen atoms in total. The second-order valence-electron chi connectivity index (χ2n) is 9.72. The number of hydrogen-bond donors (Lipinski definition) is 3. The van der Waals surface area contributed by atoms with E-state index in [1.165, 1.54) is 19.3 Å². The lowest BCUT2D eigenvalue weighted by atomic mass is 10.0. The molecule has 1 aromatic heterocycles. The van der Waals surface area contributed by atoms with Gasteiger partial charge >= 0.3 is 0 Å². The van der Waals surface area contributed by atoms with Crippen molar-refractivity contribution in [2.75, 3.05) is 56.7 Å². The zero-order valence-electron chi connectivity index (χ0n) is 20.7. The smallest absolute Gasteiger partial charge is 0.164 e. The van der Waals surface area contributed by atoms with Crippen LogP contribution in [-0.2, 0) is 9.47 Å². The van der Waals surface area contributed by atoms with E-state index in [2.05, 4.69) is 22.5 Å². The largest absolute Gasteiger partial charge is 0.491 e. The van der Waals surface area contributed by atoms with E-state index in [-0.39, 0.29) is 18.9 Å². The van der Waals surface area contributed by atoms with Crippen molar-refractivity contribution in [1.82, 2.24) is 15.3 Å². The van der Waals surface area contributed by atoms with Gasteiger partial charge in [0.15, 0.2) is 12.1 Å². The van der Waals surface area contributed by atoms with Crippen molar-refractivity contribution in [3.05, 3.63) is 29.8 Å². The van der Waals surface area contributed by atoms with Crippen molar-refractivity contribution in [3.8, 4) is 17.1 Å². The summed E-state index contributed by atoms with van der Waals surface area (Å²) < 4.78 is 17.4. The number of benzene rings is 1. The van der Waals surface area contributed by atoms with E-state index in [4.69, 9.17) is 24.2 Å². The molecule has 0 bridgehead atoms. The Morgan fingerprint density at radius 3 is 2.89 bits per heavy atom. The fourth-order valence-corrected chi connectivity index (χ4v) is 5.19. The van der Waals surface area contributed by atoms with Crippen molar-refractivity contribution in [2.45, 2.75) is 51.0 Å². The molecule has 0 spiro atoms. The zero-order chi connectivity index (χ0) is 24.2. The van der Waals surface area contributed by atoms with E-state index >= 15 is 0 Å². The van der Waals surface area contributed by atoms with Crippen LogP contribution in [0.1, 0.15) is 31.2 Å². The predicted molar refractivity (Wildman–Crippen MR) is 135 cm³/mol. The first-order valence-corrected chi connectivity index (χ1v) is 12.8. The number of nitrogens with one attached hydrogen (secondary N) is 2.